The Morgan fingerprint density at radius 2 is 2.42 bits per heavy atom. The van der Waals surface area contributed by atoms with Crippen molar-refractivity contribution < 1.29 is 10.6 Å². The van der Waals surface area contributed by atoms with E-state index in [9.17, 15) is 9.18 Å². The summed E-state index contributed by atoms with van der Waals surface area (Å²) < 4.78 is 13.9. The molecule has 0 aliphatic heterocycles. The van der Waals surface area contributed by atoms with Crippen molar-refractivity contribution in [2.24, 2.45) is 5.92 Å². The Morgan fingerprint density at radius 1 is 1.63 bits per heavy atom. The maximum atomic E-state index is 13.9. The number of rotatable bonds is 2. The molecule has 19 heavy (non-hydrogen) atoms. The van der Waals surface area contributed by atoms with Gasteiger partial charge in [0.25, 0.3) is 5.91 Å². The van der Waals surface area contributed by atoms with Crippen LogP contribution in [-0.2, 0) is 0 Å². The van der Waals surface area contributed by atoms with Crippen molar-refractivity contribution in [2.75, 3.05) is 0 Å². The second kappa shape index (κ2) is 5.65. The summed E-state index contributed by atoms with van der Waals surface area (Å²) in [5.74, 6) is -0.265. The topological polar surface area (TPSA) is 42.0 Å². The van der Waals surface area contributed by atoms with Crippen LogP contribution < -0.4 is 5.32 Å². The summed E-state index contributed by atoms with van der Waals surface area (Å²) in [6.07, 6.45) is 7.97. The molecule has 1 amide bonds. The largest absolute Gasteiger partial charge is 0.322 e. The summed E-state index contributed by atoms with van der Waals surface area (Å²) in [5.41, 5.74) is 1.12. The number of fused-ring (bicyclic) bond motifs is 1. The lowest BCUT2D eigenvalue weighted by molar-refractivity contribution is 0.0601. The van der Waals surface area contributed by atoms with Gasteiger partial charge in [0.1, 0.15) is 10.5 Å². The van der Waals surface area contributed by atoms with Gasteiger partial charge in [0.05, 0.1) is 11.7 Å². The molecule has 2 unspecified atom stereocenters. The van der Waals surface area contributed by atoms with Crippen LogP contribution in [0.1, 0.15) is 37.8 Å². The monoisotopic (exact) mass is 282 g/mol. The number of aromatic nitrogens is 1. The Balaban J connectivity index is 0.000000639. The zero-order valence-electron chi connectivity index (χ0n) is 11.0. The number of allylic oxidation sites excluding steroid dienone is 3. The summed E-state index contributed by atoms with van der Waals surface area (Å²) in [7, 11) is 0. The Hall–Kier alpha value is -1.49. The van der Waals surface area contributed by atoms with Gasteiger partial charge >= 0.3 is 0 Å². The van der Waals surface area contributed by atoms with E-state index in [1.807, 2.05) is 19.9 Å². The number of amides is 1. The third kappa shape index (κ3) is 2.76. The molecule has 1 N–H and O–H groups in total. The van der Waals surface area contributed by atoms with Gasteiger partial charge in [-0.1, -0.05) is 19.9 Å². The molecule has 0 aromatic carbocycles. The number of carbonyl (C=O) groups excluding carboxylic acids is 1. The van der Waals surface area contributed by atoms with E-state index >= 15 is 0 Å². The standard InChI is InChI=1S/C12H11FN2OS.C2H6.H2/c13-12-3-1-8(12)5-9(2-4-12)15-11(16)10-6-14-7-17-10;1-2;/h2,4-8H,1,3H2,(H,15,16);1-2H3;1H. The first-order valence-corrected chi connectivity index (χ1v) is 7.35. The molecule has 0 bridgehead atoms. The molecule has 104 valence electrons. The molecular formula is C14H19FN2OS. The summed E-state index contributed by atoms with van der Waals surface area (Å²) in [6.45, 7) is 4.00. The number of carbonyl (C=O) groups is 1. The van der Waals surface area contributed by atoms with Crippen molar-refractivity contribution in [3.05, 3.63) is 40.5 Å². The minimum absolute atomic E-state index is 0. The normalized spacial score (nSPS) is 27.3. The summed E-state index contributed by atoms with van der Waals surface area (Å²) in [6, 6.07) is 0. The molecule has 0 spiro atoms. The van der Waals surface area contributed by atoms with Gasteiger partial charge in [-0.25, -0.2) is 4.39 Å². The SMILES string of the molecule is CC.O=C(NC1=CC2CCC2(F)C=C1)c1cncs1.[HH]. The van der Waals surface area contributed by atoms with Crippen LogP contribution >= 0.6 is 11.3 Å². The van der Waals surface area contributed by atoms with Gasteiger partial charge in [-0.05, 0) is 25.0 Å². The van der Waals surface area contributed by atoms with Crippen molar-refractivity contribution in [1.82, 2.24) is 10.3 Å². The molecule has 2 atom stereocenters. The van der Waals surface area contributed by atoms with Crippen molar-refractivity contribution in [2.45, 2.75) is 32.4 Å². The van der Waals surface area contributed by atoms with Crippen LogP contribution in [0.25, 0.3) is 0 Å². The Morgan fingerprint density at radius 3 is 2.95 bits per heavy atom. The highest BCUT2D eigenvalue weighted by Crippen LogP contribution is 2.46. The average Bonchev–Trinajstić information content (AvgIpc) is 2.95. The van der Waals surface area contributed by atoms with E-state index in [2.05, 4.69) is 10.3 Å². The van der Waals surface area contributed by atoms with E-state index in [1.165, 1.54) is 17.5 Å². The maximum Gasteiger partial charge on any atom is 0.267 e. The maximum absolute atomic E-state index is 13.9. The highest BCUT2D eigenvalue weighted by molar-refractivity contribution is 7.11. The van der Waals surface area contributed by atoms with Crippen molar-refractivity contribution in [3.63, 3.8) is 0 Å². The second-order valence-electron chi connectivity index (χ2n) is 4.35. The number of halogens is 1. The van der Waals surface area contributed by atoms with Crippen LogP contribution in [0.4, 0.5) is 4.39 Å². The molecule has 3 nitrogen and oxygen atoms in total. The van der Waals surface area contributed by atoms with E-state index in [1.54, 1.807) is 17.7 Å². The van der Waals surface area contributed by atoms with Gasteiger partial charge in [-0.3, -0.25) is 9.78 Å². The number of thiazole rings is 1. The number of nitrogens with zero attached hydrogens (tertiary/aromatic N) is 1. The lowest BCUT2D eigenvalue weighted by Gasteiger charge is -2.41. The van der Waals surface area contributed by atoms with Gasteiger partial charge in [-0.2, -0.15) is 0 Å². The summed E-state index contributed by atoms with van der Waals surface area (Å²) >= 11 is 1.29. The van der Waals surface area contributed by atoms with Crippen LogP contribution in [0.5, 0.6) is 0 Å². The molecule has 1 aromatic rings. The smallest absolute Gasteiger partial charge is 0.267 e. The molecule has 2 aliphatic rings. The van der Waals surface area contributed by atoms with Crippen molar-refractivity contribution >= 4 is 17.2 Å². The third-order valence-electron chi connectivity index (χ3n) is 3.29. The van der Waals surface area contributed by atoms with E-state index < -0.39 is 5.67 Å². The van der Waals surface area contributed by atoms with E-state index in [0.29, 0.717) is 17.0 Å². The number of alkyl halides is 1. The van der Waals surface area contributed by atoms with Gasteiger partial charge in [0.2, 0.25) is 0 Å². The van der Waals surface area contributed by atoms with E-state index in [0.717, 1.165) is 6.42 Å². The third-order valence-corrected chi connectivity index (χ3v) is 4.06. The highest BCUT2D eigenvalue weighted by Gasteiger charge is 2.45. The first-order valence-electron chi connectivity index (χ1n) is 6.47. The van der Waals surface area contributed by atoms with Crippen LogP contribution in [0.15, 0.2) is 35.6 Å². The lowest BCUT2D eigenvalue weighted by atomic mass is 9.68. The van der Waals surface area contributed by atoms with Gasteiger partial charge in [0, 0.05) is 13.0 Å². The average molecular weight is 282 g/mol. The fourth-order valence-electron chi connectivity index (χ4n) is 2.12. The molecular weight excluding hydrogens is 263 g/mol. The first kappa shape index (κ1) is 13.9. The summed E-state index contributed by atoms with van der Waals surface area (Å²) in [5, 5.41) is 2.76. The van der Waals surface area contributed by atoms with Gasteiger partial charge in [0.15, 0.2) is 0 Å². The molecule has 1 heterocycles. The minimum atomic E-state index is -1.17. The van der Waals surface area contributed by atoms with Crippen LogP contribution in [0.2, 0.25) is 0 Å². The van der Waals surface area contributed by atoms with E-state index in [-0.39, 0.29) is 13.3 Å². The van der Waals surface area contributed by atoms with Crippen LogP contribution in [0, 0.1) is 5.92 Å². The molecule has 2 aliphatic carbocycles. The number of nitrogens with one attached hydrogen (secondary N) is 1. The number of hydrogen-bond donors (Lipinski definition) is 1. The Labute approximate surface area is 117 Å². The highest BCUT2D eigenvalue weighted by atomic mass is 32.1. The minimum Gasteiger partial charge on any atom is -0.322 e. The quantitative estimate of drug-likeness (QED) is 0.898. The van der Waals surface area contributed by atoms with Gasteiger partial charge < -0.3 is 5.32 Å². The van der Waals surface area contributed by atoms with E-state index in [4.69, 9.17) is 0 Å². The van der Waals surface area contributed by atoms with Gasteiger partial charge in [-0.15, -0.1) is 11.3 Å². The molecule has 0 saturated heterocycles. The van der Waals surface area contributed by atoms with Crippen LogP contribution in [-0.4, -0.2) is 16.6 Å². The number of hydrogen-bond acceptors (Lipinski definition) is 3. The molecule has 1 aromatic heterocycles. The van der Waals surface area contributed by atoms with Crippen LogP contribution in [0.3, 0.4) is 0 Å². The predicted octanol–water partition coefficient (Wildman–Crippen LogP) is 3.72. The fourth-order valence-corrected chi connectivity index (χ4v) is 2.64. The molecule has 1 saturated carbocycles. The Kier molecular flexibility index (Phi) is 4.14. The molecule has 0 radical (unpaired) electrons. The predicted molar refractivity (Wildman–Crippen MR) is 76.8 cm³/mol. The Bertz CT molecular complexity index is 515. The molecule has 1 fully saturated rings. The van der Waals surface area contributed by atoms with Crippen molar-refractivity contribution in [3.8, 4) is 0 Å². The van der Waals surface area contributed by atoms with Crippen molar-refractivity contribution in [1.29, 1.82) is 0 Å². The lowest BCUT2D eigenvalue weighted by Crippen LogP contribution is -2.42. The molecule has 5 heteroatoms. The fraction of sp³-hybridized carbons (Fsp3) is 0.429. The zero-order chi connectivity index (χ0) is 13.9. The second-order valence-corrected chi connectivity index (χ2v) is 5.23. The zero-order valence-corrected chi connectivity index (χ0v) is 11.8. The first-order chi connectivity index (χ1) is 9.17. The summed E-state index contributed by atoms with van der Waals surface area (Å²) in [4.78, 5) is 16.2. The molecule has 3 rings (SSSR count).